The number of nitrogens with one attached hydrogen (secondary N) is 1. The number of hydrogen-bond donors (Lipinski definition) is 4. The number of nitrogen functional groups attached to an aromatic ring is 1. The highest BCUT2D eigenvalue weighted by atomic mass is 31.2. The smallest absolute Gasteiger partial charge is 0.459 e. The van der Waals surface area contributed by atoms with Gasteiger partial charge in [0.1, 0.15) is 47.5 Å². The number of aliphatic hydroxyl groups excluding tert-OH is 2. The number of ether oxygens (including phenoxy) is 2. The molecule has 1 aliphatic heterocycles. The van der Waals surface area contributed by atoms with Gasteiger partial charge in [0.2, 0.25) is 0 Å². The van der Waals surface area contributed by atoms with Gasteiger partial charge >= 0.3 is 13.7 Å². The molecule has 0 bridgehead atoms. The fourth-order valence-electron chi connectivity index (χ4n) is 4.24. The molecule has 3 heterocycles. The highest BCUT2D eigenvalue weighted by molar-refractivity contribution is 7.52. The molecule has 5 N–H and O–H groups in total. The van der Waals surface area contributed by atoms with Crippen LogP contribution in [0.1, 0.15) is 40.3 Å². The summed E-state index contributed by atoms with van der Waals surface area (Å²) in [5.74, 6) is -0.182. The van der Waals surface area contributed by atoms with Crippen molar-refractivity contribution in [3.63, 3.8) is 0 Å². The first kappa shape index (κ1) is 29.9. The van der Waals surface area contributed by atoms with Gasteiger partial charge in [0.05, 0.1) is 18.9 Å². The third-order valence-electron chi connectivity index (χ3n) is 6.39. The molecule has 1 aliphatic rings. The minimum Gasteiger partial charge on any atom is -0.464 e. The Morgan fingerprint density at radius 1 is 1.25 bits per heavy atom. The van der Waals surface area contributed by atoms with Crippen LogP contribution in [0.15, 0.2) is 48.8 Å². The van der Waals surface area contributed by atoms with Crippen molar-refractivity contribution in [1.29, 1.82) is 0 Å². The van der Waals surface area contributed by atoms with Gasteiger partial charge in [-0.2, -0.15) is 10.2 Å². The van der Waals surface area contributed by atoms with Crippen LogP contribution in [0.3, 0.4) is 0 Å². The van der Waals surface area contributed by atoms with Gasteiger partial charge in [0, 0.05) is 0 Å². The second-order valence-electron chi connectivity index (χ2n) is 11.1. The van der Waals surface area contributed by atoms with Gasteiger partial charge in [-0.15, -0.1) is 0 Å². The quantitative estimate of drug-likeness (QED) is 0.204. The topological polar surface area (TPSA) is 180 Å². The van der Waals surface area contributed by atoms with E-state index in [2.05, 4.69) is 15.2 Å². The number of fused-ring (bicyclic) bond motifs is 1. The first-order valence-corrected chi connectivity index (χ1v) is 14.3. The summed E-state index contributed by atoms with van der Waals surface area (Å²) >= 11 is 0. The van der Waals surface area contributed by atoms with Gasteiger partial charge in [-0.3, -0.25) is 9.32 Å². The summed E-state index contributed by atoms with van der Waals surface area (Å²) in [6, 6.07) is 10.6. The Morgan fingerprint density at radius 2 is 1.95 bits per heavy atom. The van der Waals surface area contributed by atoms with Crippen molar-refractivity contribution in [2.45, 2.75) is 64.6 Å². The number of benzene rings is 1. The van der Waals surface area contributed by atoms with E-state index in [9.17, 15) is 19.6 Å². The van der Waals surface area contributed by atoms with Crippen LogP contribution in [0, 0.1) is 5.41 Å². The van der Waals surface area contributed by atoms with E-state index in [1.54, 1.807) is 49.4 Å². The number of nitrogens with two attached hydrogens (primary N) is 1. The maximum absolute atomic E-state index is 13.8. The lowest BCUT2D eigenvalue weighted by molar-refractivity contribution is -0.148. The molecule has 1 aromatic carbocycles. The summed E-state index contributed by atoms with van der Waals surface area (Å²) in [6.07, 6.45) is -2.68. The first-order valence-electron chi connectivity index (χ1n) is 12.8. The highest BCUT2D eigenvalue weighted by Crippen LogP contribution is 2.47. The van der Waals surface area contributed by atoms with Crippen LogP contribution >= 0.6 is 7.75 Å². The molecule has 4 rings (SSSR count). The maximum Gasteiger partial charge on any atom is 0.459 e. The van der Waals surface area contributed by atoms with E-state index in [0.29, 0.717) is 11.2 Å². The van der Waals surface area contributed by atoms with E-state index < -0.39 is 50.3 Å². The van der Waals surface area contributed by atoms with E-state index in [1.807, 2.05) is 20.8 Å². The Bertz CT molecular complexity index is 1380. The molecule has 1 fully saturated rings. The number of rotatable bonds is 10. The van der Waals surface area contributed by atoms with Gasteiger partial charge in [-0.25, -0.2) is 14.1 Å². The number of nitrogens with zero attached hydrogens (tertiary/aromatic N) is 3. The fourth-order valence-corrected chi connectivity index (χ4v) is 5.74. The van der Waals surface area contributed by atoms with Crippen molar-refractivity contribution in [3.8, 4) is 5.75 Å². The number of carbonyl (C=O) groups excluding carboxylic acids is 1. The molecule has 0 aliphatic carbocycles. The summed E-state index contributed by atoms with van der Waals surface area (Å²) in [6.45, 7) is 8.52. The zero-order valence-electron chi connectivity index (χ0n) is 23.1. The Kier molecular flexibility index (Phi) is 8.55. The third kappa shape index (κ3) is 6.46. The number of esters is 1. The average molecular weight is 578 g/mol. The monoisotopic (exact) mass is 577 g/mol. The predicted octanol–water partition coefficient (Wildman–Crippen LogP) is 2.42. The minimum absolute atomic E-state index is 0.159. The van der Waals surface area contributed by atoms with Crippen LogP contribution < -0.4 is 15.3 Å². The van der Waals surface area contributed by atoms with Crippen molar-refractivity contribution < 1.29 is 38.1 Å². The van der Waals surface area contributed by atoms with E-state index in [-0.39, 0.29) is 23.6 Å². The minimum atomic E-state index is -4.23. The molecule has 14 heteroatoms. The van der Waals surface area contributed by atoms with Crippen LogP contribution in [0.25, 0.3) is 5.52 Å². The average Bonchev–Trinajstić information content (AvgIpc) is 3.43. The van der Waals surface area contributed by atoms with Crippen LogP contribution in [0.4, 0.5) is 5.82 Å². The second-order valence-corrected chi connectivity index (χ2v) is 12.8. The summed E-state index contributed by atoms with van der Waals surface area (Å²) in [5, 5.41) is 28.7. The molecule has 0 spiro atoms. The SMILES string of the molecule is C[C@H](NP(=O)(OC[C@H]1O[C@@](C)(c2ccc3c(N)ncnn23)[C@H](O)[C@@H]1O)Oc1ccccc1)C(=O)OCC(C)(C)C. The maximum atomic E-state index is 13.8. The normalized spacial score (nSPS) is 25.4. The molecule has 0 saturated carbocycles. The standard InChI is InChI=1S/C26H36N5O8P/c1-16(24(34)36-14-25(2,3)4)30-40(35,39-17-9-7-6-8-10-17)37-13-19-21(32)22(33)26(5,38-19)20-12-11-18-23(27)28-15-29-31(18)20/h6-12,15-16,19,21-22,32-33H,13-14H2,1-5H3,(H,30,35)(H2,27,28,29)/t16-,19+,21+,22+,26-,40?/m0/s1. The molecular weight excluding hydrogens is 541 g/mol. The van der Waals surface area contributed by atoms with Crippen LogP contribution in [-0.2, 0) is 29.0 Å². The van der Waals surface area contributed by atoms with Crippen molar-refractivity contribution in [3.05, 3.63) is 54.5 Å². The molecular formula is C26H36N5O8P. The molecule has 40 heavy (non-hydrogen) atoms. The fraction of sp³-hybridized carbons (Fsp3) is 0.500. The molecule has 13 nitrogen and oxygen atoms in total. The zero-order chi connectivity index (χ0) is 29.3. The Morgan fingerprint density at radius 3 is 2.62 bits per heavy atom. The van der Waals surface area contributed by atoms with Crippen molar-refractivity contribution in [1.82, 2.24) is 19.7 Å². The summed E-state index contributed by atoms with van der Waals surface area (Å²) in [5.41, 5.74) is 5.16. The zero-order valence-corrected chi connectivity index (χ0v) is 23.9. The van der Waals surface area contributed by atoms with Crippen molar-refractivity contribution in [2.24, 2.45) is 5.41 Å². The van der Waals surface area contributed by atoms with Crippen LogP contribution in [0.2, 0.25) is 0 Å². The molecule has 0 radical (unpaired) electrons. The number of para-hydroxylation sites is 1. The van der Waals surface area contributed by atoms with Gasteiger partial charge < -0.3 is 29.9 Å². The third-order valence-corrected chi connectivity index (χ3v) is 8.03. The molecule has 3 aromatic rings. The molecule has 2 aromatic heterocycles. The van der Waals surface area contributed by atoms with E-state index >= 15 is 0 Å². The van der Waals surface area contributed by atoms with Crippen molar-refractivity contribution in [2.75, 3.05) is 18.9 Å². The Balaban J connectivity index is 1.52. The lowest BCUT2D eigenvalue weighted by atomic mass is 9.93. The predicted molar refractivity (Wildman–Crippen MR) is 145 cm³/mol. The largest absolute Gasteiger partial charge is 0.464 e. The summed E-state index contributed by atoms with van der Waals surface area (Å²) in [7, 11) is -4.23. The number of aromatic nitrogens is 3. The van der Waals surface area contributed by atoms with Crippen LogP contribution in [0.5, 0.6) is 5.75 Å². The molecule has 6 atom stereocenters. The summed E-state index contributed by atoms with van der Waals surface area (Å²) < 4.78 is 38.1. The van der Waals surface area contributed by atoms with Gasteiger partial charge in [0.25, 0.3) is 0 Å². The molecule has 0 amide bonds. The van der Waals surface area contributed by atoms with Gasteiger partial charge in [-0.1, -0.05) is 39.0 Å². The van der Waals surface area contributed by atoms with Gasteiger partial charge in [0.15, 0.2) is 5.82 Å². The molecule has 1 saturated heterocycles. The second kappa shape index (κ2) is 11.4. The van der Waals surface area contributed by atoms with Crippen molar-refractivity contribution >= 4 is 25.1 Å². The lowest BCUT2D eigenvalue weighted by Gasteiger charge is -2.27. The highest BCUT2D eigenvalue weighted by Gasteiger charge is 2.54. The van der Waals surface area contributed by atoms with E-state index in [0.717, 1.165) is 0 Å². The Labute approximate surface area is 232 Å². The lowest BCUT2D eigenvalue weighted by Crippen LogP contribution is -2.40. The number of carbonyl (C=O) groups is 1. The van der Waals surface area contributed by atoms with E-state index in [4.69, 9.17) is 24.3 Å². The molecule has 218 valence electrons. The molecule has 1 unspecified atom stereocenters. The van der Waals surface area contributed by atoms with E-state index in [1.165, 1.54) is 17.8 Å². The number of anilines is 1. The number of hydrogen-bond acceptors (Lipinski definition) is 11. The number of aliphatic hydroxyl groups is 2. The van der Waals surface area contributed by atoms with Crippen LogP contribution in [-0.4, -0.2) is 68.3 Å². The van der Waals surface area contributed by atoms with Gasteiger partial charge in [-0.05, 0) is 43.5 Å². The Hall–Kier alpha value is -3.06. The first-order chi connectivity index (χ1) is 18.7. The summed E-state index contributed by atoms with van der Waals surface area (Å²) in [4.78, 5) is 16.5.